The maximum absolute atomic E-state index is 13.9. The Morgan fingerprint density at radius 1 is 1.00 bits per heavy atom. The van der Waals surface area contributed by atoms with E-state index in [1.165, 1.54) is 21.2 Å². The number of aromatic nitrogens is 5. The van der Waals surface area contributed by atoms with Crippen molar-refractivity contribution in [2.75, 3.05) is 32.1 Å². The number of alkyl halides is 2. The van der Waals surface area contributed by atoms with Crippen molar-refractivity contribution < 1.29 is 23.0 Å². The Morgan fingerprint density at radius 3 is 2.35 bits per heavy atom. The predicted molar refractivity (Wildman–Crippen MR) is 192 cm³/mol. The van der Waals surface area contributed by atoms with Crippen molar-refractivity contribution in [3.8, 4) is 28.3 Å². The zero-order valence-electron chi connectivity index (χ0n) is 28.5. The number of halogens is 4. The Hall–Kier alpha value is -4.92. The molecule has 2 aliphatic rings. The molecule has 7 rings (SSSR count). The summed E-state index contributed by atoms with van der Waals surface area (Å²) in [5.74, 6) is 0.606. The molecule has 0 amide bonds. The lowest BCUT2D eigenvalue weighted by Gasteiger charge is -2.20. The maximum Gasteiger partial charge on any atom is 0.330 e. The molecule has 5 aromatic rings. The summed E-state index contributed by atoms with van der Waals surface area (Å²) in [6.07, 6.45) is -1.35. The van der Waals surface area contributed by atoms with E-state index in [2.05, 4.69) is 20.2 Å². The molecule has 3 aromatic heterocycles. The summed E-state index contributed by atoms with van der Waals surface area (Å²) >= 11 is 14.0. The van der Waals surface area contributed by atoms with E-state index in [9.17, 15) is 23.2 Å². The molecule has 1 saturated carbocycles. The van der Waals surface area contributed by atoms with Crippen molar-refractivity contribution in [3.05, 3.63) is 90.9 Å². The number of methoxy groups -OCH3 is 1. The second-order valence-corrected chi connectivity index (χ2v) is 13.5. The van der Waals surface area contributed by atoms with Gasteiger partial charge in [-0.3, -0.25) is 28.6 Å². The number of rotatable bonds is 10. The maximum atomic E-state index is 13.9. The number of nitrogens with zero attached hydrogens (tertiary/aromatic N) is 6. The van der Waals surface area contributed by atoms with Crippen LogP contribution in [0, 0.1) is 17.8 Å². The van der Waals surface area contributed by atoms with Crippen LogP contribution in [0.2, 0.25) is 10.0 Å². The minimum absolute atomic E-state index is 0.00819. The van der Waals surface area contributed by atoms with Crippen LogP contribution in [0.25, 0.3) is 33.3 Å². The lowest BCUT2D eigenvalue weighted by atomic mass is 10.0. The Kier molecular flexibility index (Phi) is 9.48. The van der Waals surface area contributed by atoms with Gasteiger partial charge in [0.15, 0.2) is 0 Å². The van der Waals surface area contributed by atoms with Gasteiger partial charge in [-0.15, -0.1) is 0 Å². The van der Waals surface area contributed by atoms with Gasteiger partial charge in [0.25, 0.3) is 12.0 Å². The van der Waals surface area contributed by atoms with Gasteiger partial charge >= 0.3 is 11.7 Å². The highest BCUT2D eigenvalue weighted by atomic mass is 35.5. The van der Waals surface area contributed by atoms with E-state index < -0.39 is 23.4 Å². The molecule has 52 heavy (non-hydrogen) atoms. The van der Waals surface area contributed by atoms with E-state index >= 15 is 0 Å². The summed E-state index contributed by atoms with van der Waals surface area (Å²) < 4.78 is 40.7. The molecule has 2 unspecified atom stereocenters. The Bertz CT molecular complexity index is 2360. The fourth-order valence-corrected chi connectivity index (χ4v) is 7.65. The van der Waals surface area contributed by atoms with Gasteiger partial charge in [-0.05, 0) is 30.9 Å². The number of benzene rings is 2. The number of hydrogen-bond donors (Lipinski definition) is 1. The lowest BCUT2D eigenvalue weighted by molar-refractivity contribution is -0.145. The number of aryl methyl sites for hydroxylation is 1. The predicted octanol–water partition coefficient (Wildman–Crippen LogP) is 5.99. The first-order chi connectivity index (χ1) is 24.9. The number of esters is 1. The van der Waals surface area contributed by atoms with Crippen LogP contribution in [-0.2, 0) is 30.2 Å². The van der Waals surface area contributed by atoms with Crippen LogP contribution in [0.5, 0.6) is 5.88 Å². The first-order valence-corrected chi connectivity index (χ1v) is 17.2. The summed E-state index contributed by atoms with van der Waals surface area (Å²) in [4.78, 5) is 53.6. The normalized spacial score (nSPS) is 18.1. The third-order valence-corrected chi connectivity index (χ3v) is 10.5. The molecular weight excluding hydrogens is 719 g/mol. The van der Waals surface area contributed by atoms with Crippen LogP contribution in [0.15, 0.2) is 58.3 Å². The molecule has 2 atom stereocenters. The Balaban J connectivity index is 1.18. The second kappa shape index (κ2) is 13.9. The number of piperidine rings is 1. The van der Waals surface area contributed by atoms with Crippen molar-refractivity contribution in [2.24, 2.45) is 31.8 Å². The van der Waals surface area contributed by atoms with Crippen LogP contribution < -0.4 is 21.3 Å². The Morgan fingerprint density at radius 2 is 1.67 bits per heavy atom. The van der Waals surface area contributed by atoms with E-state index in [-0.39, 0.29) is 39.3 Å². The number of ether oxygens (including phenoxy) is 2. The molecule has 1 aliphatic heterocycles. The summed E-state index contributed by atoms with van der Waals surface area (Å²) in [6.45, 7) is 4.24. The molecular formula is C36H33Cl2F2N7O5. The fourth-order valence-electron chi connectivity index (χ4n) is 7.05. The van der Waals surface area contributed by atoms with Gasteiger partial charge in [-0.1, -0.05) is 53.5 Å². The van der Waals surface area contributed by atoms with Crippen molar-refractivity contribution >= 4 is 51.6 Å². The average molecular weight is 753 g/mol. The van der Waals surface area contributed by atoms with E-state index in [4.69, 9.17) is 37.7 Å². The first-order valence-electron chi connectivity index (χ1n) is 16.5. The molecule has 2 fully saturated rings. The van der Waals surface area contributed by atoms with Gasteiger partial charge in [0.2, 0.25) is 5.88 Å². The van der Waals surface area contributed by atoms with Gasteiger partial charge in [0.05, 0.1) is 52.8 Å². The first kappa shape index (κ1) is 35.5. The van der Waals surface area contributed by atoms with E-state index in [0.717, 1.165) is 28.3 Å². The van der Waals surface area contributed by atoms with Crippen LogP contribution in [0.1, 0.15) is 24.7 Å². The molecule has 1 saturated heterocycles. The van der Waals surface area contributed by atoms with Crippen molar-refractivity contribution in [1.29, 1.82) is 0 Å². The standard InChI is InChI=1S/C36H33Cl2F2N7O5/c1-5-52-35(49)27-20-14-47(15-21(20)27)16-25-33(51-4)44-24(13-41-25)19-10-6-8-17(29(19)37)18-9-7-11-22(30(18)38)42-32-28-26(12-23(43-32)31(39)40)45(2)36(50)46(3)34(28)48/h6-13,20-21,27,31H,5,14-16H2,1-4H3,(H,42,43). The smallest absolute Gasteiger partial charge is 0.330 e. The second-order valence-electron chi connectivity index (χ2n) is 12.8. The highest BCUT2D eigenvalue weighted by Gasteiger charge is 2.60. The largest absolute Gasteiger partial charge is 0.480 e. The number of nitrogens with one attached hydrogen (secondary N) is 1. The zero-order valence-corrected chi connectivity index (χ0v) is 30.0. The quantitative estimate of drug-likeness (QED) is 0.170. The van der Waals surface area contributed by atoms with E-state index in [1.54, 1.807) is 42.6 Å². The molecule has 16 heteroatoms. The third-order valence-electron chi connectivity index (χ3n) is 9.72. The number of fused-ring (bicyclic) bond motifs is 2. The fraction of sp³-hybridized carbons (Fsp3) is 0.333. The zero-order chi connectivity index (χ0) is 37.0. The highest BCUT2D eigenvalue weighted by molar-refractivity contribution is 6.39. The number of hydrogen-bond acceptors (Lipinski definition) is 10. The number of likely N-dealkylation sites (tertiary alicyclic amines) is 1. The molecule has 1 N–H and O–H groups in total. The third kappa shape index (κ3) is 6.18. The molecule has 270 valence electrons. The molecule has 0 radical (unpaired) electrons. The molecule has 2 aromatic carbocycles. The highest BCUT2D eigenvalue weighted by Crippen LogP contribution is 2.52. The number of carbonyl (C=O) groups excluding carboxylic acids is 1. The summed E-state index contributed by atoms with van der Waals surface area (Å²) in [6, 6.07) is 11.4. The van der Waals surface area contributed by atoms with Gasteiger partial charge < -0.3 is 14.8 Å². The van der Waals surface area contributed by atoms with Gasteiger partial charge in [0, 0.05) is 50.4 Å². The van der Waals surface area contributed by atoms with Crippen LogP contribution >= 0.6 is 23.2 Å². The van der Waals surface area contributed by atoms with Crippen molar-refractivity contribution in [2.45, 2.75) is 19.9 Å². The monoisotopic (exact) mass is 751 g/mol. The van der Waals surface area contributed by atoms with Crippen molar-refractivity contribution in [1.82, 2.24) is 29.0 Å². The molecule has 12 nitrogen and oxygen atoms in total. The van der Waals surface area contributed by atoms with Crippen LogP contribution in [0.4, 0.5) is 20.3 Å². The minimum atomic E-state index is -2.97. The van der Waals surface area contributed by atoms with Gasteiger partial charge in [0.1, 0.15) is 22.6 Å². The average Bonchev–Trinajstić information content (AvgIpc) is 3.65. The van der Waals surface area contributed by atoms with Gasteiger partial charge in [-0.2, -0.15) is 0 Å². The van der Waals surface area contributed by atoms with Crippen molar-refractivity contribution in [3.63, 3.8) is 0 Å². The van der Waals surface area contributed by atoms with E-state index in [1.807, 2.05) is 6.92 Å². The van der Waals surface area contributed by atoms with Gasteiger partial charge in [-0.25, -0.2) is 23.5 Å². The minimum Gasteiger partial charge on any atom is -0.480 e. The molecule has 4 heterocycles. The SMILES string of the molecule is CCOC(=O)C1C2CN(Cc3ncc(-c4cccc(-c5cccc(Nc6nc(C(F)F)cc7c6c(=O)n(C)c(=O)n7C)c5Cl)c4Cl)nc3OC)CC21. The molecule has 0 spiro atoms. The Labute approximate surface area is 305 Å². The summed E-state index contributed by atoms with van der Waals surface area (Å²) in [5.41, 5.74) is 0.972. The lowest BCUT2D eigenvalue weighted by Crippen LogP contribution is -2.37. The number of carbonyl (C=O) groups is 1. The van der Waals surface area contributed by atoms with Crippen LogP contribution in [0.3, 0.4) is 0 Å². The summed E-state index contributed by atoms with van der Waals surface area (Å²) in [7, 11) is 4.21. The number of pyridine rings is 1. The number of anilines is 2. The molecule has 0 bridgehead atoms. The molecule has 1 aliphatic carbocycles. The topological polar surface area (TPSA) is 133 Å². The van der Waals surface area contributed by atoms with E-state index in [0.29, 0.717) is 64.0 Å². The summed E-state index contributed by atoms with van der Waals surface area (Å²) in [5, 5.41) is 3.39. The van der Waals surface area contributed by atoms with Crippen LogP contribution in [-0.4, -0.2) is 61.8 Å².